The van der Waals surface area contributed by atoms with Crippen LogP contribution in [-0.2, 0) is 0 Å². The average molecular weight is 350 g/mol. The molecule has 0 radical (unpaired) electrons. The summed E-state index contributed by atoms with van der Waals surface area (Å²) >= 11 is 3.57. The maximum absolute atomic E-state index is 14.3. The first-order valence-corrected chi connectivity index (χ1v) is 8.08. The molecular weight excluding hydrogens is 329 g/mol. The lowest BCUT2D eigenvalue weighted by Crippen LogP contribution is -2.25. The zero-order valence-electron chi connectivity index (χ0n) is 12.7. The quantitative estimate of drug-likeness (QED) is 0.772. The Morgan fingerprint density at radius 2 is 1.90 bits per heavy atom. The third-order valence-corrected chi connectivity index (χ3v) is 4.54. The van der Waals surface area contributed by atoms with Crippen LogP contribution < -0.4 is 5.32 Å². The highest BCUT2D eigenvalue weighted by molar-refractivity contribution is 9.10. The zero-order valence-corrected chi connectivity index (χ0v) is 14.3. The molecule has 2 aromatic rings. The van der Waals surface area contributed by atoms with Crippen molar-refractivity contribution in [3.8, 4) is 0 Å². The minimum atomic E-state index is -0.159. The van der Waals surface area contributed by atoms with Gasteiger partial charge in [0.1, 0.15) is 5.82 Å². The van der Waals surface area contributed by atoms with Crippen LogP contribution in [0.2, 0.25) is 0 Å². The smallest absolute Gasteiger partial charge is 0.128 e. The van der Waals surface area contributed by atoms with Gasteiger partial charge in [0.2, 0.25) is 0 Å². The summed E-state index contributed by atoms with van der Waals surface area (Å²) < 4.78 is 15.4. The summed E-state index contributed by atoms with van der Waals surface area (Å²) in [4.78, 5) is 0. The van der Waals surface area contributed by atoms with Crippen LogP contribution >= 0.6 is 15.9 Å². The number of aryl methyl sites for hydroxylation is 1. The van der Waals surface area contributed by atoms with Crippen LogP contribution in [0.5, 0.6) is 0 Å². The van der Waals surface area contributed by atoms with Crippen LogP contribution in [0.15, 0.2) is 40.9 Å². The van der Waals surface area contributed by atoms with Crippen LogP contribution in [0.3, 0.4) is 0 Å². The van der Waals surface area contributed by atoms with E-state index in [1.165, 1.54) is 0 Å². The van der Waals surface area contributed by atoms with Crippen LogP contribution in [0.1, 0.15) is 41.6 Å². The Morgan fingerprint density at radius 1 is 1.14 bits per heavy atom. The van der Waals surface area contributed by atoms with Crippen LogP contribution in [0.25, 0.3) is 0 Å². The standard InChI is InChI=1S/C18H21BrFN/c1-4-10-21-18(14-6-5-7-16(19)13(14)3)15-11-12(2)8-9-17(15)20/h5-9,11,18,21H,4,10H2,1-3H3. The first-order chi connectivity index (χ1) is 10.0. The van der Waals surface area contributed by atoms with E-state index in [0.29, 0.717) is 5.56 Å². The van der Waals surface area contributed by atoms with Crippen LogP contribution in [-0.4, -0.2) is 6.54 Å². The van der Waals surface area contributed by atoms with E-state index in [2.05, 4.69) is 41.2 Å². The molecule has 0 aliphatic rings. The van der Waals surface area contributed by atoms with Crippen molar-refractivity contribution in [1.82, 2.24) is 5.32 Å². The lowest BCUT2D eigenvalue weighted by molar-refractivity contribution is 0.545. The van der Waals surface area contributed by atoms with Gasteiger partial charge in [-0.25, -0.2) is 4.39 Å². The summed E-state index contributed by atoms with van der Waals surface area (Å²) in [6.07, 6.45) is 1.01. The van der Waals surface area contributed by atoms with Crippen molar-refractivity contribution in [1.29, 1.82) is 0 Å². The summed E-state index contributed by atoms with van der Waals surface area (Å²) in [6.45, 7) is 7.02. The van der Waals surface area contributed by atoms with Gasteiger partial charge in [-0.3, -0.25) is 0 Å². The fourth-order valence-electron chi connectivity index (χ4n) is 2.50. The minimum absolute atomic E-state index is 0.123. The highest BCUT2D eigenvalue weighted by Gasteiger charge is 2.19. The average Bonchev–Trinajstić information content (AvgIpc) is 2.47. The molecule has 0 amide bonds. The van der Waals surface area contributed by atoms with Crippen molar-refractivity contribution in [2.24, 2.45) is 0 Å². The van der Waals surface area contributed by atoms with Crippen molar-refractivity contribution >= 4 is 15.9 Å². The van der Waals surface area contributed by atoms with Gasteiger partial charge < -0.3 is 5.32 Å². The maximum atomic E-state index is 14.3. The normalized spacial score (nSPS) is 12.4. The number of benzene rings is 2. The van der Waals surface area contributed by atoms with Gasteiger partial charge >= 0.3 is 0 Å². The summed E-state index contributed by atoms with van der Waals surface area (Å²) in [7, 11) is 0. The van der Waals surface area contributed by atoms with E-state index >= 15 is 0 Å². The summed E-state index contributed by atoms with van der Waals surface area (Å²) in [5, 5.41) is 3.48. The number of nitrogens with one attached hydrogen (secondary N) is 1. The van der Waals surface area contributed by atoms with Gasteiger partial charge in [0, 0.05) is 10.0 Å². The van der Waals surface area contributed by atoms with Crippen molar-refractivity contribution in [3.63, 3.8) is 0 Å². The second-order valence-electron chi connectivity index (χ2n) is 5.37. The SMILES string of the molecule is CCCNC(c1cc(C)ccc1F)c1cccc(Br)c1C. The molecule has 1 N–H and O–H groups in total. The zero-order chi connectivity index (χ0) is 15.4. The molecule has 0 fully saturated rings. The Hall–Kier alpha value is -1.19. The van der Waals surface area contributed by atoms with Crippen molar-refractivity contribution < 1.29 is 4.39 Å². The fraction of sp³-hybridized carbons (Fsp3) is 0.333. The molecule has 0 bridgehead atoms. The topological polar surface area (TPSA) is 12.0 Å². The molecule has 112 valence electrons. The van der Waals surface area contributed by atoms with Gasteiger partial charge in [0.15, 0.2) is 0 Å². The van der Waals surface area contributed by atoms with Gasteiger partial charge in [0.05, 0.1) is 6.04 Å². The molecule has 0 heterocycles. The summed E-state index contributed by atoms with van der Waals surface area (Å²) in [5.41, 5.74) is 4.04. The summed E-state index contributed by atoms with van der Waals surface area (Å²) in [5.74, 6) is -0.159. The molecule has 1 nitrogen and oxygen atoms in total. The molecular formula is C18H21BrFN. The third-order valence-electron chi connectivity index (χ3n) is 3.68. The van der Waals surface area contributed by atoms with Gasteiger partial charge in [-0.2, -0.15) is 0 Å². The molecule has 0 aromatic heterocycles. The Morgan fingerprint density at radius 3 is 2.62 bits per heavy atom. The van der Waals surface area contributed by atoms with Crippen LogP contribution in [0.4, 0.5) is 4.39 Å². The van der Waals surface area contributed by atoms with E-state index in [4.69, 9.17) is 0 Å². The van der Waals surface area contributed by atoms with E-state index in [1.54, 1.807) is 6.07 Å². The maximum Gasteiger partial charge on any atom is 0.128 e. The van der Waals surface area contributed by atoms with Crippen molar-refractivity contribution in [2.45, 2.75) is 33.2 Å². The van der Waals surface area contributed by atoms with E-state index in [-0.39, 0.29) is 11.9 Å². The molecule has 0 aliphatic carbocycles. The highest BCUT2D eigenvalue weighted by atomic mass is 79.9. The monoisotopic (exact) mass is 349 g/mol. The van der Waals surface area contributed by atoms with E-state index in [0.717, 1.165) is 34.1 Å². The summed E-state index contributed by atoms with van der Waals surface area (Å²) in [6, 6.07) is 11.3. The van der Waals surface area contributed by atoms with Crippen LogP contribution in [0, 0.1) is 19.7 Å². The molecule has 2 aromatic carbocycles. The molecule has 21 heavy (non-hydrogen) atoms. The lowest BCUT2D eigenvalue weighted by atomic mass is 9.93. The van der Waals surface area contributed by atoms with Crippen molar-refractivity contribution in [3.05, 3.63) is 68.9 Å². The first-order valence-electron chi connectivity index (χ1n) is 7.29. The first kappa shape index (κ1) is 16.2. The molecule has 3 heteroatoms. The second-order valence-corrected chi connectivity index (χ2v) is 6.22. The molecule has 0 spiro atoms. The van der Waals surface area contributed by atoms with Crippen molar-refractivity contribution in [2.75, 3.05) is 6.54 Å². The van der Waals surface area contributed by atoms with E-state index < -0.39 is 0 Å². The number of halogens is 2. The Balaban J connectivity index is 2.52. The predicted molar refractivity (Wildman–Crippen MR) is 90.2 cm³/mol. The van der Waals surface area contributed by atoms with E-state index in [9.17, 15) is 4.39 Å². The van der Waals surface area contributed by atoms with Gasteiger partial charge in [-0.1, -0.05) is 52.7 Å². The molecule has 0 aliphatic heterocycles. The predicted octanol–water partition coefficient (Wildman–Crippen LogP) is 5.29. The van der Waals surface area contributed by atoms with Gasteiger partial charge in [-0.05, 0) is 50.1 Å². The minimum Gasteiger partial charge on any atom is -0.306 e. The Kier molecular flexibility index (Phi) is 5.54. The van der Waals surface area contributed by atoms with E-state index in [1.807, 2.05) is 31.2 Å². The number of hydrogen-bond acceptors (Lipinski definition) is 1. The highest BCUT2D eigenvalue weighted by Crippen LogP contribution is 2.30. The second kappa shape index (κ2) is 7.19. The Bertz CT molecular complexity index is 623. The number of rotatable bonds is 5. The lowest BCUT2D eigenvalue weighted by Gasteiger charge is -2.23. The fourth-order valence-corrected chi connectivity index (χ4v) is 2.88. The van der Waals surface area contributed by atoms with Gasteiger partial charge in [0.25, 0.3) is 0 Å². The Labute approximate surface area is 134 Å². The molecule has 2 rings (SSSR count). The molecule has 1 unspecified atom stereocenters. The largest absolute Gasteiger partial charge is 0.306 e. The third kappa shape index (κ3) is 3.72. The molecule has 0 saturated heterocycles. The number of hydrogen-bond donors (Lipinski definition) is 1. The molecule has 0 saturated carbocycles. The molecule has 1 atom stereocenters. The van der Waals surface area contributed by atoms with Gasteiger partial charge in [-0.15, -0.1) is 0 Å².